The maximum absolute atomic E-state index is 9.97. The highest BCUT2D eigenvalue weighted by atomic mass is 16.5. The summed E-state index contributed by atoms with van der Waals surface area (Å²) in [7, 11) is 0. The van der Waals surface area contributed by atoms with Crippen LogP contribution in [0.4, 0.5) is 0 Å². The van der Waals surface area contributed by atoms with E-state index in [4.69, 9.17) is 9.47 Å². The number of phenolic OH excluding ortho intramolecular Hbond substituents is 1. The first-order chi connectivity index (χ1) is 12.9. The molecule has 0 amide bonds. The summed E-state index contributed by atoms with van der Waals surface area (Å²) in [4.78, 5) is 0. The molecule has 0 radical (unpaired) electrons. The number of aromatic hydroxyl groups is 1. The molecule has 2 fully saturated rings. The summed E-state index contributed by atoms with van der Waals surface area (Å²) in [5, 5.41) is 13.5. The van der Waals surface area contributed by atoms with Gasteiger partial charge in [0.15, 0.2) is 0 Å². The van der Waals surface area contributed by atoms with Crippen LogP contribution in [0.1, 0.15) is 71.0 Å². The summed E-state index contributed by atoms with van der Waals surface area (Å²) in [6.45, 7) is 9.88. The molecule has 1 aromatic carbocycles. The van der Waals surface area contributed by atoms with E-state index in [1.165, 1.54) is 32.1 Å². The second kappa shape index (κ2) is 7.29. The summed E-state index contributed by atoms with van der Waals surface area (Å²) < 4.78 is 13.2. The van der Waals surface area contributed by atoms with E-state index in [1.54, 1.807) is 12.1 Å². The van der Waals surface area contributed by atoms with Gasteiger partial charge >= 0.3 is 0 Å². The first-order valence-corrected chi connectivity index (χ1v) is 10.8. The van der Waals surface area contributed by atoms with Crippen molar-refractivity contribution >= 4 is 0 Å². The number of benzene rings is 1. The second-order valence-electron chi connectivity index (χ2n) is 9.72. The molecule has 1 aromatic rings. The summed E-state index contributed by atoms with van der Waals surface area (Å²) in [5.74, 6) is 2.16. The predicted molar refractivity (Wildman–Crippen MR) is 107 cm³/mol. The number of piperidine rings is 1. The van der Waals surface area contributed by atoms with Gasteiger partial charge in [-0.05, 0) is 75.6 Å². The van der Waals surface area contributed by atoms with Gasteiger partial charge in [0.2, 0.25) is 0 Å². The molecular weight excluding hydrogens is 338 g/mol. The van der Waals surface area contributed by atoms with Gasteiger partial charge in [0.1, 0.15) is 17.1 Å². The predicted octanol–water partition coefficient (Wildman–Crippen LogP) is 4.82. The minimum Gasteiger partial charge on any atom is -0.508 e. The average Bonchev–Trinajstić information content (AvgIpc) is 2.62. The molecule has 150 valence electrons. The Morgan fingerprint density at radius 3 is 2.78 bits per heavy atom. The van der Waals surface area contributed by atoms with Crippen LogP contribution in [-0.2, 0) is 4.74 Å². The molecule has 1 spiro atoms. The zero-order valence-corrected chi connectivity index (χ0v) is 17.1. The third-order valence-corrected chi connectivity index (χ3v) is 7.14. The van der Waals surface area contributed by atoms with E-state index in [-0.39, 0.29) is 17.5 Å². The van der Waals surface area contributed by atoms with Crippen molar-refractivity contribution in [2.75, 3.05) is 19.7 Å². The van der Waals surface area contributed by atoms with Gasteiger partial charge in [-0.25, -0.2) is 0 Å². The van der Waals surface area contributed by atoms with E-state index in [2.05, 4.69) is 26.1 Å². The molecule has 3 aliphatic rings. The van der Waals surface area contributed by atoms with E-state index in [9.17, 15) is 5.11 Å². The molecule has 0 unspecified atom stereocenters. The number of ether oxygens (including phenoxy) is 2. The number of rotatable bonds is 4. The minimum atomic E-state index is -0.237. The maximum atomic E-state index is 9.97. The lowest BCUT2D eigenvalue weighted by Crippen LogP contribution is -2.55. The topological polar surface area (TPSA) is 50.7 Å². The SMILES string of the molecule is CC(C)CCC[C@@]1(C)Oc2cc(O)ccc2[C@H]2OCC3(CCNCC3)C[C@@H]21. The maximum Gasteiger partial charge on any atom is 0.129 e. The Kier molecular flexibility index (Phi) is 5.15. The van der Waals surface area contributed by atoms with Crippen molar-refractivity contribution in [3.63, 3.8) is 0 Å². The van der Waals surface area contributed by atoms with Crippen molar-refractivity contribution < 1.29 is 14.6 Å². The molecule has 3 aliphatic heterocycles. The van der Waals surface area contributed by atoms with Crippen LogP contribution in [0.25, 0.3) is 0 Å². The lowest BCUT2D eigenvalue weighted by Gasteiger charge is -2.54. The first kappa shape index (κ1) is 19.1. The van der Waals surface area contributed by atoms with Crippen LogP contribution in [-0.4, -0.2) is 30.4 Å². The van der Waals surface area contributed by atoms with Crippen LogP contribution < -0.4 is 10.1 Å². The van der Waals surface area contributed by atoms with Crippen LogP contribution >= 0.6 is 0 Å². The summed E-state index contributed by atoms with van der Waals surface area (Å²) in [5.41, 5.74) is 1.17. The molecule has 3 atom stereocenters. The van der Waals surface area contributed by atoms with Gasteiger partial charge in [-0.2, -0.15) is 0 Å². The van der Waals surface area contributed by atoms with Crippen molar-refractivity contribution in [3.05, 3.63) is 23.8 Å². The van der Waals surface area contributed by atoms with E-state index >= 15 is 0 Å². The average molecular weight is 374 g/mol. The van der Waals surface area contributed by atoms with Gasteiger partial charge in [0.05, 0.1) is 12.7 Å². The Labute approximate surface area is 163 Å². The lowest BCUT2D eigenvalue weighted by atomic mass is 9.63. The van der Waals surface area contributed by atoms with Gasteiger partial charge in [0.25, 0.3) is 0 Å². The zero-order valence-electron chi connectivity index (χ0n) is 17.1. The smallest absolute Gasteiger partial charge is 0.129 e. The van der Waals surface area contributed by atoms with Crippen LogP contribution in [0.2, 0.25) is 0 Å². The van der Waals surface area contributed by atoms with Crippen molar-refractivity contribution in [2.24, 2.45) is 17.3 Å². The van der Waals surface area contributed by atoms with E-state index in [1.807, 2.05) is 6.07 Å². The highest BCUT2D eigenvalue weighted by molar-refractivity contribution is 5.44. The molecule has 4 rings (SSSR count). The van der Waals surface area contributed by atoms with Crippen molar-refractivity contribution in [2.45, 2.75) is 71.0 Å². The van der Waals surface area contributed by atoms with Crippen LogP contribution in [0, 0.1) is 17.3 Å². The molecule has 2 saturated heterocycles. The van der Waals surface area contributed by atoms with Gasteiger partial charge in [-0.15, -0.1) is 0 Å². The summed E-state index contributed by atoms with van der Waals surface area (Å²) in [6, 6.07) is 5.53. The zero-order chi connectivity index (χ0) is 19.1. The fourth-order valence-corrected chi connectivity index (χ4v) is 5.43. The number of hydrogen-bond donors (Lipinski definition) is 2. The molecule has 3 heterocycles. The van der Waals surface area contributed by atoms with Crippen LogP contribution in [0.5, 0.6) is 11.5 Å². The third-order valence-electron chi connectivity index (χ3n) is 7.14. The second-order valence-corrected chi connectivity index (χ2v) is 9.72. The van der Waals surface area contributed by atoms with E-state index in [0.29, 0.717) is 17.3 Å². The Balaban J connectivity index is 1.64. The van der Waals surface area contributed by atoms with Crippen molar-refractivity contribution in [3.8, 4) is 11.5 Å². The normalized spacial score (nSPS) is 32.0. The Bertz CT molecular complexity index is 668. The van der Waals surface area contributed by atoms with Gasteiger partial charge in [-0.1, -0.05) is 20.3 Å². The molecule has 2 N–H and O–H groups in total. The summed E-state index contributed by atoms with van der Waals surface area (Å²) in [6.07, 6.45) is 7.08. The summed E-state index contributed by atoms with van der Waals surface area (Å²) >= 11 is 0. The molecular formula is C23H35NO3. The van der Waals surface area contributed by atoms with Gasteiger partial charge in [-0.3, -0.25) is 0 Å². The molecule has 0 aliphatic carbocycles. The Morgan fingerprint density at radius 2 is 2.04 bits per heavy atom. The van der Waals surface area contributed by atoms with Crippen molar-refractivity contribution in [1.82, 2.24) is 5.32 Å². The molecule has 4 heteroatoms. The third kappa shape index (κ3) is 3.71. The largest absolute Gasteiger partial charge is 0.508 e. The van der Waals surface area contributed by atoms with E-state index in [0.717, 1.165) is 37.4 Å². The minimum absolute atomic E-state index is 0.0823. The highest BCUT2D eigenvalue weighted by Crippen LogP contribution is 2.56. The first-order valence-electron chi connectivity index (χ1n) is 10.8. The van der Waals surface area contributed by atoms with Gasteiger partial charge < -0.3 is 19.9 Å². The fourth-order valence-electron chi connectivity index (χ4n) is 5.43. The molecule has 0 aromatic heterocycles. The van der Waals surface area contributed by atoms with Gasteiger partial charge in [0, 0.05) is 17.5 Å². The molecule has 4 nitrogen and oxygen atoms in total. The lowest BCUT2D eigenvalue weighted by molar-refractivity contribution is -0.176. The monoisotopic (exact) mass is 373 g/mol. The van der Waals surface area contributed by atoms with Crippen molar-refractivity contribution in [1.29, 1.82) is 0 Å². The molecule has 0 saturated carbocycles. The Hall–Kier alpha value is -1.26. The molecule has 27 heavy (non-hydrogen) atoms. The molecule has 0 bridgehead atoms. The van der Waals surface area contributed by atoms with Crippen LogP contribution in [0.3, 0.4) is 0 Å². The number of phenols is 1. The quantitative estimate of drug-likeness (QED) is 0.795. The Morgan fingerprint density at radius 1 is 1.26 bits per heavy atom. The highest BCUT2D eigenvalue weighted by Gasteiger charge is 2.53. The standard InChI is InChI=1S/C23H35NO3/c1-16(2)5-4-8-22(3)19-14-23(9-11-24-12-10-23)15-26-21(19)18-7-6-17(25)13-20(18)27-22/h6-7,13,16,19,21,24-25H,4-5,8-12,14-15H2,1-3H3/t19-,21+,22+/m0/s1. The number of nitrogens with one attached hydrogen (secondary N) is 1. The fraction of sp³-hybridized carbons (Fsp3) is 0.739. The van der Waals surface area contributed by atoms with Crippen LogP contribution in [0.15, 0.2) is 18.2 Å². The number of fused-ring (bicyclic) bond motifs is 3. The van der Waals surface area contributed by atoms with E-state index < -0.39 is 0 Å². The number of hydrogen-bond acceptors (Lipinski definition) is 4.